The summed E-state index contributed by atoms with van der Waals surface area (Å²) in [4.78, 5) is 2.45. The summed E-state index contributed by atoms with van der Waals surface area (Å²) < 4.78 is 28.3. The highest BCUT2D eigenvalue weighted by Crippen LogP contribution is 2.42. The monoisotopic (exact) mass is 463 g/mol. The van der Waals surface area contributed by atoms with Crippen molar-refractivity contribution in [2.75, 3.05) is 35.0 Å². The van der Waals surface area contributed by atoms with E-state index in [1.54, 1.807) is 28.4 Å². The van der Waals surface area contributed by atoms with Crippen molar-refractivity contribution in [3.8, 4) is 23.0 Å². The van der Waals surface area contributed by atoms with Crippen molar-refractivity contribution in [2.24, 2.45) is 0 Å². The summed E-state index contributed by atoms with van der Waals surface area (Å²) in [6.45, 7) is 2.76. The molecule has 1 saturated heterocycles. The molecule has 1 heterocycles. The first-order valence-electron chi connectivity index (χ1n) is 11.5. The molecule has 34 heavy (non-hydrogen) atoms. The van der Waals surface area contributed by atoms with Gasteiger partial charge in [-0.3, -0.25) is 4.90 Å². The molecule has 0 bridgehead atoms. The Hall–Kier alpha value is -3.22. The van der Waals surface area contributed by atoms with E-state index in [9.17, 15) is 0 Å². The molecular weight excluding hydrogens is 430 g/mol. The largest absolute Gasteiger partial charge is 0.493 e. The smallest absolute Gasteiger partial charge is 0.161 e. The van der Waals surface area contributed by atoms with Gasteiger partial charge in [-0.1, -0.05) is 42.5 Å². The third-order valence-electron chi connectivity index (χ3n) is 6.49. The predicted octanol–water partition coefficient (Wildman–Crippen LogP) is 5.42. The average molecular weight is 464 g/mol. The number of hydrogen-bond donors (Lipinski definition) is 0. The van der Waals surface area contributed by atoms with E-state index in [0.717, 1.165) is 23.3 Å². The van der Waals surface area contributed by atoms with Crippen molar-refractivity contribution in [1.82, 2.24) is 4.90 Å². The van der Waals surface area contributed by atoms with Crippen molar-refractivity contribution in [1.29, 1.82) is 0 Å². The molecule has 0 amide bonds. The second-order valence-electron chi connectivity index (χ2n) is 8.33. The molecule has 1 fully saturated rings. The minimum absolute atomic E-state index is 0.0283. The summed E-state index contributed by atoms with van der Waals surface area (Å²) in [5, 5.41) is 0. The molecule has 0 aliphatic carbocycles. The lowest BCUT2D eigenvalue weighted by Gasteiger charge is -2.35. The van der Waals surface area contributed by atoms with E-state index in [0.29, 0.717) is 23.9 Å². The zero-order chi connectivity index (χ0) is 24.1. The Morgan fingerprint density at radius 1 is 0.794 bits per heavy atom. The quantitative estimate of drug-likeness (QED) is 0.422. The highest BCUT2D eigenvalue weighted by molar-refractivity contribution is 5.46. The van der Waals surface area contributed by atoms with Gasteiger partial charge in [0.15, 0.2) is 23.0 Å². The van der Waals surface area contributed by atoms with Crippen molar-refractivity contribution < 1.29 is 23.7 Å². The summed E-state index contributed by atoms with van der Waals surface area (Å²) in [5.74, 6) is 2.85. The van der Waals surface area contributed by atoms with Gasteiger partial charge in [-0.2, -0.15) is 0 Å². The Bertz CT molecular complexity index is 1090. The molecule has 0 spiro atoms. The number of nitrogens with zero attached hydrogens (tertiary/aromatic N) is 1. The number of benzene rings is 3. The molecule has 0 aromatic heterocycles. The lowest BCUT2D eigenvalue weighted by atomic mass is 9.94. The highest BCUT2D eigenvalue weighted by Gasteiger charge is 2.38. The van der Waals surface area contributed by atoms with Gasteiger partial charge in [-0.15, -0.1) is 0 Å². The Morgan fingerprint density at radius 3 is 2.06 bits per heavy atom. The SMILES string of the molecule is COc1ccc(C[C@@H](c2ccc(OC)c(OC)c2)N2[C@H](C)OC[C@@H]2c2ccccc2)cc1OC. The van der Waals surface area contributed by atoms with Crippen LogP contribution in [0, 0.1) is 0 Å². The zero-order valence-electron chi connectivity index (χ0n) is 20.5. The summed E-state index contributed by atoms with van der Waals surface area (Å²) in [6, 6.07) is 22.9. The third kappa shape index (κ3) is 4.83. The van der Waals surface area contributed by atoms with Crippen molar-refractivity contribution in [3.63, 3.8) is 0 Å². The highest BCUT2D eigenvalue weighted by atomic mass is 16.5. The van der Waals surface area contributed by atoms with Gasteiger partial charge in [0.25, 0.3) is 0 Å². The molecule has 3 atom stereocenters. The van der Waals surface area contributed by atoms with Gasteiger partial charge >= 0.3 is 0 Å². The molecular formula is C28H33NO5. The van der Waals surface area contributed by atoms with Crippen LogP contribution in [0.4, 0.5) is 0 Å². The van der Waals surface area contributed by atoms with Crippen LogP contribution in [0.2, 0.25) is 0 Å². The number of rotatable bonds is 9. The topological polar surface area (TPSA) is 49.4 Å². The van der Waals surface area contributed by atoms with Gasteiger partial charge in [-0.25, -0.2) is 0 Å². The van der Waals surface area contributed by atoms with Crippen LogP contribution >= 0.6 is 0 Å². The van der Waals surface area contributed by atoms with Crippen molar-refractivity contribution in [2.45, 2.75) is 31.7 Å². The molecule has 4 rings (SSSR count). The second kappa shape index (κ2) is 10.8. The predicted molar refractivity (Wildman–Crippen MR) is 132 cm³/mol. The molecule has 0 unspecified atom stereocenters. The fourth-order valence-corrected chi connectivity index (χ4v) is 4.76. The molecule has 180 valence electrons. The fraction of sp³-hybridized carbons (Fsp3) is 0.357. The van der Waals surface area contributed by atoms with Gasteiger partial charge in [0, 0.05) is 6.04 Å². The van der Waals surface area contributed by atoms with Crippen LogP contribution in [0.15, 0.2) is 66.7 Å². The molecule has 3 aromatic rings. The molecule has 3 aromatic carbocycles. The van der Waals surface area contributed by atoms with E-state index in [1.165, 1.54) is 5.56 Å². The van der Waals surface area contributed by atoms with Gasteiger partial charge in [0.05, 0.1) is 41.1 Å². The van der Waals surface area contributed by atoms with Crippen LogP contribution in [-0.4, -0.2) is 46.2 Å². The minimum Gasteiger partial charge on any atom is -0.493 e. The fourth-order valence-electron chi connectivity index (χ4n) is 4.76. The number of methoxy groups -OCH3 is 4. The second-order valence-corrected chi connectivity index (χ2v) is 8.33. The molecule has 0 saturated carbocycles. The lowest BCUT2D eigenvalue weighted by Crippen LogP contribution is -2.35. The van der Waals surface area contributed by atoms with Crippen molar-refractivity contribution >= 4 is 0 Å². The van der Waals surface area contributed by atoms with E-state index < -0.39 is 0 Å². The maximum absolute atomic E-state index is 6.18. The first-order chi connectivity index (χ1) is 16.6. The van der Waals surface area contributed by atoms with Crippen LogP contribution in [0.5, 0.6) is 23.0 Å². The zero-order valence-corrected chi connectivity index (χ0v) is 20.5. The van der Waals surface area contributed by atoms with Gasteiger partial charge in [-0.05, 0) is 54.3 Å². The van der Waals surface area contributed by atoms with Crippen LogP contribution in [0.3, 0.4) is 0 Å². The van der Waals surface area contributed by atoms with Crippen molar-refractivity contribution in [3.05, 3.63) is 83.4 Å². The van der Waals surface area contributed by atoms with Crippen LogP contribution in [0.25, 0.3) is 0 Å². The average Bonchev–Trinajstić information content (AvgIpc) is 3.28. The van der Waals surface area contributed by atoms with Gasteiger partial charge in [0.1, 0.15) is 6.23 Å². The molecule has 6 nitrogen and oxygen atoms in total. The number of ether oxygens (including phenoxy) is 5. The first kappa shape index (κ1) is 23.9. The van der Waals surface area contributed by atoms with Gasteiger partial charge in [0.2, 0.25) is 0 Å². The van der Waals surface area contributed by atoms with Crippen LogP contribution in [0.1, 0.15) is 35.7 Å². The van der Waals surface area contributed by atoms with E-state index >= 15 is 0 Å². The summed E-state index contributed by atoms with van der Waals surface area (Å²) in [7, 11) is 6.63. The maximum atomic E-state index is 6.18. The molecule has 1 aliphatic rings. The maximum Gasteiger partial charge on any atom is 0.161 e. The molecule has 0 N–H and O–H groups in total. The van der Waals surface area contributed by atoms with E-state index in [4.69, 9.17) is 23.7 Å². The lowest BCUT2D eigenvalue weighted by molar-refractivity contribution is 0.0198. The Balaban J connectivity index is 1.78. The molecule has 0 radical (unpaired) electrons. The molecule has 6 heteroatoms. The van der Waals surface area contributed by atoms with E-state index in [1.807, 2.05) is 24.3 Å². The minimum atomic E-state index is -0.0524. The molecule has 1 aliphatic heterocycles. The Morgan fingerprint density at radius 2 is 1.41 bits per heavy atom. The van der Waals surface area contributed by atoms with Crippen LogP contribution in [-0.2, 0) is 11.2 Å². The van der Waals surface area contributed by atoms with Crippen LogP contribution < -0.4 is 18.9 Å². The normalized spacial score (nSPS) is 19.0. The first-order valence-corrected chi connectivity index (χ1v) is 11.5. The third-order valence-corrected chi connectivity index (χ3v) is 6.49. The van der Waals surface area contributed by atoms with E-state index in [2.05, 4.69) is 54.3 Å². The summed E-state index contributed by atoms with van der Waals surface area (Å²) >= 11 is 0. The Labute approximate surface area is 202 Å². The van der Waals surface area contributed by atoms with Gasteiger partial charge < -0.3 is 23.7 Å². The Kier molecular flexibility index (Phi) is 7.60. The standard InChI is InChI=1S/C28H33NO5/c1-19-29(24(18-34-19)21-9-7-6-8-10-21)23(22-12-14-26(31-3)28(17-22)33-5)15-20-11-13-25(30-2)27(16-20)32-4/h6-14,16-17,19,23-24H,15,18H2,1-5H3/t19-,23-,24+/m0/s1. The summed E-state index contributed by atoms with van der Waals surface area (Å²) in [5.41, 5.74) is 3.51. The number of hydrogen-bond acceptors (Lipinski definition) is 6. The summed E-state index contributed by atoms with van der Waals surface area (Å²) in [6.07, 6.45) is 0.704. The van der Waals surface area contributed by atoms with E-state index in [-0.39, 0.29) is 18.3 Å².